The van der Waals surface area contributed by atoms with Crippen molar-refractivity contribution in [2.45, 2.75) is 159 Å². The number of aliphatic hydroxyl groups is 2. The summed E-state index contributed by atoms with van der Waals surface area (Å²) in [5, 5.41) is 74.9. The number of hydrogen-bond donors (Lipinski definition) is 17. The van der Waals surface area contributed by atoms with Crippen molar-refractivity contribution in [2.75, 3.05) is 6.61 Å². The first kappa shape index (κ1) is 77.2. The van der Waals surface area contributed by atoms with Gasteiger partial charge in [0.05, 0.1) is 25.2 Å². The van der Waals surface area contributed by atoms with Crippen LogP contribution in [0.5, 0.6) is 11.5 Å². The molecule has 0 unspecified atom stereocenters. The number of amides is 11. The Kier molecular flexibility index (Phi) is 29.9. The Bertz CT molecular complexity index is 3550. The van der Waals surface area contributed by atoms with Crippen molar-refractivity contribution >= 4 is 81.7 Å². The van der Waals surface area contributed by atoms with Gasteiger partial charge in [-0.05, 0) is 95.3 Å². The fourth-order valence-corrected chi connectivity index (χ4v) is 10.4. The van der Waals surface area contributed by atoms with Crippen LogP contribution in [0.25, 0.3) is 10.8 Å². The normalized spacial score (nSPS) is 14.6. The third-order valence-corrected chi connectivity index (χ3v) is 15.5. The van der Waals surface area contributed by atoms with E-state index in [9.17, 15) is 83.1 Å². The number of aliphatic hydroxyl groups excluding tert-OH is 2. The lowest BCUT2D eigenvalue weighted by Crippen LogP contribution is -2.61. The van der Waals surface area contributed by atoms with Gasteiger partial charge in [0.2, 0.25) is 65.0 Å². The first-order valence-electron chi connectivity index (χ1n) is 31.5. The summed E-state index contributed by atoms with van der Waals surface area (Å²) >= 11 is 0. The molecule has 11 amide bonds. The summed E-state index contributed by atoms with van der Waals surface area (Å²) in [4.78, 5) is 165. The highest BCUT2D eigenvalue weighted by Gasteiger charge is 2.37. The van der Waals surface area contributed by atoms with Crippen LogP contribution in [0.15, 0.2) is 121 Å². The molecule has 5 rings (SSSR count). The van der Waals surface area contributed by atoms with E-state index < -0.39 is 163 Å². The molecule has 0 aromatic heterocycles. The largest absolute Gasteiger partial charge is 0.508 e. The standard InChI is InChI=1S/C68H88N12O17/c1-36(2)28-47(69)59(87)73-54(34-57(71)86)65(93)76-50(30-39-12-7-6-8-13-39)63(91)79-55(35-81)67(95)72-48(26-27-56(70)85)60(88)75-51(31-40-18-22-44(83)23-19-40)62(90)74-49(29-37(3)4)61(89)78-53(33-43-16-11-15-42-14-9-10-17-46(42)43)64(92)77-52(32-41-20-24-45(84)25-21-41)66(94)80-58(38(5)82)68(96)97/h6-25,36-38,47-55,58,81-84H,26-35,69H2,1-5H3,(H2,70,85)(H2,71,86)(H,72,95)(H,73,87)(H,74,90)(H,75,88)(H,76,93)(H,77,92)(H,78,89)(H,79,91)(H,80,94)(H,96,97)/t38-,47+,48+,49+,50+,51+,52+,53+,54+,55-,58+/m1/s1. The predicted octanol–water partition coefficient (Wildman–Crippen LogP) is -1.10. The maximum absolute atomic E-state index is 14.9. The zero-order valence-corrected chi connectivity index (χ0v) is 54.5. The number of carboxylic acid groups (broad SMARTS) is 1. The van der Waals surface area contributed by atoms with Gasteiger partial charge in [0, 0.05) is 32.1 Å². The lowest BCUT2D eigenvalue weighted by molar-refractivity contribution is -0.145. The van der Waals surface area contributed by atoms with Crippen LogP contribution in [0.2, 0.25) is 0 Å². The van der Waals surface area contributed by atoms with Gasteiger partial charge in [-0.3, -0.25) is 52.7 Å². The van der Waals surface area contributed by atoms with Gasteiger partial charge < -0.3 is 90.6 Å². The number of nitrogens with one attached hydrogen (secondary N) is 9. The number of nitrogens with two attached hydrogens (primary N) is 3. The van der Waals surface area contributed by atoms with E-state index in [1.807, 2.05) is 26.0 Å². The number of carboxylic acids is 1. The SMILES string of the molecule is CC(C)C[C@H](NC(=O)[C@H](Cc1ccc(O)cc1)NC(=O)[C@H](CCC(N)=O)NC(=O)[C@@H](CO)NC(=O)[C@H](Cc1ccccc1)NC(=O)[C@H](CC(N)=O)NC(=O)[C@@H](N)CC(C)C)C(=O)N[C@@H](Cc1cccc2ccccc12)C(=O)N[C@@H](Cc1ccc(O)cc1)C(=O)N[C@H](C(=O)O)[C@@H](C)O. The molecule has 0 saturated heterocycles. The molecule has 0 saturated carbocycles. The average molecular weight is 1350 g/mol. The van der Waals surface area contributed by atoms with E-state index in [1.165, 1.54) is 48.5 Å². The van der Waals surface area contributed by atoms with Gasteiger partial charge in [0.15, 0.2) is 6.04 Å². The Morgan fingerprint density at radius 1 is 0.412 bits per heavy atom. The smallest absolute Gasteiger partial charge is 0.328 e. The molecule has 5 aromatic rings. The highest BCUT2D eigenvalue weighted by Crippen LogP contribution is 2.22. The van der Waals surface area contributed by atoms with Crippen LogP contribution in [-0.2, 0) is 83.2 Å². The maximum Gasteiger partial charge on any atom is 0.328 e. The van der Waals surface area contributed by atoms with Crippen molar-refractivity contribution in [1.29, 1.82) is 0 Å². The molecule has 0 aliphatic heterocycles. The van der Waals surface area contributed by atoms with Crippen LogP contribution in [-0.4, -0.2) is 170 Å². The first-order valence-corrected chi connectivity index (χ1v) is 31.5. The van der Waals surface area contributed by atoms with Crippen LogP contribution in [0, 0.1) is 11.8 Å². The average Bonchev–Trinajstić information content (AvgIpc) is 0.829. The van der Waals surface area contributed by atoms with E-state index in [1.54, 1.807) is 74.5 Å². The van der Waals surface area contributed by atoms with Gasteiger partial charge in [0.25, 0.3) is 0 Å². The number of fused-ring (bicyclic) bond motifs is 1. The number of carbonyl (C=O) groups excluding carboxylic acids is 11. The highest BCUT2D eigenvalue weighted by molar-refractivity contribution is 6.00. The van der Waals surface area contributed by atoms with Gasteiger partial charge in [-0.1, -0.05) is 125 Å². The molecule has 522 valence electrons. The summed E-state index contributed by atoms with van der Waals surface area (Å²) in [7, 11) is 0. The number of aromatic hydroxyl groups is 2. The van der Waals surface area contributed by atoms with Gasteiger partial charge in [-0.25, -0.2) is 4.79 Å². The summed E-state index contributed by atoms with van der Waals surface area (Å²) in [6.07, 6.45) is -4.33. The van der Waals surface area contributed by atoms with Crippen molar-refractivity contribution in [3.05, 3.63) is 144 Å². The Hall–Kier alpha value is -10.5. The Labute approximate surface area is 560 Å². The summed E-state index contributed by atoms with van der Waals surface area (Å²) in [5.74, 6) is -13.3. The molecule has 0 radical (unpaired) electrons. The minimum atomic E-state index is -1.89. The van der Waals surface area contributed by atoms with E-state index in [2.05, 4.69) is 47.9 Å². The van der Waals surface area contributed by atoms with E-state index in [0.717, 1.165) is 12.3 Å². The number of aliphatic carboxylic acids is 1. The Morgan fingerprint density at radius 2 is 0.804 bits per heavy atom. The van der Waals surface area contributed by atoms with Gasteiger partial charge in [0.1, 0.15) is 59.8 Å². The van der Waals surface area contributed by atoms with E-state index in [-0.39, 0.29) is 61.9 Å². The summed E-state index contributed by atoms with van der Waals surface area (Å²) < 4.78 is 0. The van der Waals surface area contributed by atoms with Crippen molar-refractivity contribution in [2.24, 2.45) is 29.0 Å². The van der Waals surface area contributed by atoms with E-state index >= 15 is 0 Å². The van der Waals surface area contributed by atoms with Crippen LogP contribution < -0.4 is 65.1 Å². The quantitative estimate of drug-likeness (QED) is 0.0223. The minimum Gasteiger partial charge on any atom is -0.508 e. The first-order chi connectivity index (χ1) is 45.9. The van der Waals surface area contributed by atoms with Gasteiger partial charge in [-0.15, -0.1) is 0 Å². The van der Waals surface area contributed by atoms with Crippen molar-refractivity contribution in [3.8, 4) is 11.5 Å². The van der Waals surface area contributed by atoms with Gasteiger partial charge in [-0.2, -0.15) is 0 Å². The second-order valence-corrected chi connectivity index (χ2v) is 24.6. The van der Waals surface area contributed by atoms with Crippen molar-refractivity contribution < 1.29 is 83.1 Å². The number of hydrogen-bond acceptors (Lipinski definition) is 17. The molecule has 0 heterocycles. The maximum atomic E-state index is 14.9. The fourth-order valence-electron chi connectivity index (χ4n) is 10.4. The summed E-state index contributed by atoms with van der Waals surface area (Å²) in [6, 6.07) is 15.7. The number of primary amides is 2. The number of benzene rings is 5. The van der Waals surface area contributed by atoms with E-state index in [4.69, 9.17) is 17.2 Å². The van der Waals surface area contributed by atoms with Crippen LogP contribution in [0.4, 0.5) is 0 Å². The molecule has 29 heteroatoms. The number of carbonyl (C=O) groups is 12. The molecule has 97 heavy (non-hydrogen) atoms. The predicted molar refractivity (Wildman–Crippen MR) is 354 cm³/mol. The zero-order chi connectivity index (χ0) is 71.6. The molecule has 0 bridgehead atoms. The molecular weight excluding hydrogens is 1260 g/mol. The molecule has 0 spiro atoms. The summed E-state index contributed by atoms with van der Waals surface area (Å²) in [5.41, 5.74) is 18.8. The molecule has 0 aliphatic rings. The monoisotopic (exact) mass is 1340 g/mol. The van der Waals surface area contributed by atoms with Crippen LogP contribution in [0.1, 0.15) is 89.0 Å². The van der Waals surface area contributed by atoms with Gasteiger partial charge >= 0.3 is 5.97 Å². The third kappa shape index (κ3) is 25.3. The fraction of sp³-hybridized carbons (Fsp3) is 0.412. The summed E-state index contributed by atoms with van der Waals surface area (Å²) in [6.45, 7) is 7.12. The topological polar surface area (TPSA) is 492 Å². The molecule has 29 nitrogen and oxygen atoms in total. The lowest BCUT2D eigenvalue weighted by Gasteiger charge is -2.29. The molecule has 11 atom stereocenters. The highest BCUT2D eigenvalue weighted by atomic mass is 16.4. The second kappa shape index (κ2) is 37.5. The third-order valence-electron chi connectivity index (χ3n) is 15.5. The number of phenols is 2. The van der Waals surface area contributed by atoms with Crippen LogP contribution in [0.3, 0.4) is 0 Å². The Balaban J connectivity index is 1.45. The van der Waals surface area contributed by atoms with Crippen LogP contribution >= 0.6 is 0 Å². The van der Waals surface area contributed by atoms with E-state index in [0.29, 0.717) is 27.6 Å². The Morgan fingerprint density at radius 3 is 1.28 bits per heavy atom. The van der Waals surface area contributed by atoms with Crippen molar-refractivity contribution in [1.82, 2.24) is 47.9 Å². The number of rotatable bonds is 38. The molecule has 5 aromatic carbocycles. The lowest BCUT2D eigenvalue weighted by atomic mass is 9.96. The number of phenolic OH excluding ortho intramolecular Hbond substituents is 2. The van der Waals surface area contributed by atoms with Crippen molar-refractivity contribution in [3.63, 3.8) is 0 Å². The molecular formula is C68H88N12O17. The second-order valence-electron chi connectivity index (χ2n) is 24.6. The molecule has 20 N–H and O–H groups in total. The zero-order valence-electron chi connectivity index (χ0n) is 54.5. The minimum absolute atomic E-state index is 0.0246. The molecule has 0 aliphatic carbocycles. The molecule has 0 fully saturated rings.